The molecule has 21 heavy (non-hydrogen) atoms. The molecule has 0 bridgehead atoms. The van der Waals surface area contributed by atoms with E-state index in [1.165, 1.54) is 24.4 Å². The van der Waals surface area contributed by atoms with E-state index in [9.17, 15) is 18.5 Å². The predicted octanol–water partition coefficient (Wildman–Crippen LogP) is 1.83. The van der Waals surface area contributed by atoms with Crippen LogP contribution in [0.5, 0.6) is 0 Å². The molecule has 0 unspecified atom stereocenters. The molecule has 2 rings (SSSR count). The van der Waals surface area contributed by atoms with Gasteiger partial charge in [-0.1, -0.05) is 6.07 Å². The van der Waals surface area contributed by atoms with Crippen molar-refractivity contribution in [3.8, 4) is 0 Å². The number of nitro benzene ring substituents is 1. The number of anilines is 2. The molecule has 110 valence electrons. The Kier molecular flexibility index (Phi) is 4.03. The van der Waals surface area contributed by atoms with Crippen molar-refractivity contribution in [2.24, 2.45) is 0 Å². The highest BCUT2D eigenvalue weighted by Crippen LogP contribution is 2.23. The average Bonchev–Trinajstić information content (AvgIpc) is 2.47. The summed E-state index contributed by atoms with van der Waals surface area (Å²) >= 11 is 0. The van der Waals surface area contributed by atoms with Crippen molar-refractivity contribution < 1.29 is 13.3 Å². The third-order valence-corrected chi connectivity index (χ3v) is 3.94. The van der Waals surface area contributed by atoms with Crippen molar-refractivity contribution >= 4 is 27.1 Å². The minimum absolute atomic E-state index is 0.0944. The minimum atomic E-state index is -3.94. The van der Waals surface area contributed by atoms with Crippen molar-refractivity contribution in [1.82, 2.24) is 4.98 Å². The number of benzene rings is 1. The quantitative estimate of drug-likeness (QED) is 0.643. The van der Waals surface area contributed by atoms with Crippen LogP contribution in [0.4, 0.5) is 17.1 Å². The SMILES string of the molecule is CNc1cccnc1S(=O)(=O)Nc1cccc([N+](=O)[O-])c1. The fourth-order valence-electron chi connectivity index (χ4n) is 1.68. The van der Waals surface area contributed by atoms with E-state index in [2.05, 4.69) is 15.0 Å². The Morgan fingerprint density at radius 1 is 1.24 bits per heavy atom. The highest BCUT2D eigenvalue weighted by atomic mass is 32.2. The summed E-state index contributed by atoms with van der Waals surface area (Å²) in [7, 11) is -2.37. The highest BCUT2D eigenvalue weighted by Gasteiger charge is 2.20. The van der Waals surface area contributed by atoms with Gasteiger partial charge in [0, 0.05) is 25.4 Å². The molecule has 1 heterocycles. The first-order valence-corrected chi connectivity index (χ1v) is 7.32. The molecule has 2 aromatic rings. The van der Waals surface area contributed by atoms with E-state index >= 15 is 0 Å². The zero-order valence-electron chi connectivity index (χ0n) is 11.0. The zero-order valence-corrected chi connectivity index (χ0v) is 11.8. The van der Waals surface area contributed by atoms with Crippen LogP contribution in [0, 0.1) is 10.1 Å². The first kappa shape index (κ1) is 14.7. The second-order valence-corrected chi connectivity index (χ2v) is 5.62. The molecular formula is C12H12N4O4S. The summed E-state index contributed by atoms with van der Waals surface area (Å²) in [5, 5.41) is 13.2. The van der Waals surface area contributed by atoms with E-state index in [1.807, 2.05) is 0 Å². The summed E-state index contributed by atoms with van der Waals surface area (Å²) < 4.78 is 26.8. The van der Waals surface area contributed by atoms with Crippen molar-refractivity contribution in [3.63, 3.8) is 0 Å². The predicted molar refractivity (Wildman–Crippen MR) is 77.7 cm³/mol. The summed E-state index contributed by atoms with van der Waals surface area (Å²) in [6.45, 7) is 0. The second kappa shape index (κ2) is 5.75. The lowest BCUT2D eigenvalue weighted by Crippen LogP contribution is -2.16. The van der Waals surface area contributed by atoms with Crippen LogP contribution in [-0.2, 0) is 10.0 Å². The third-order valence-electron chi connectivity index (χ3n) is 2.60. The maximum Gasteiger partial charge on any atom is 0.281 e. The molecule has 0 amide bonds. The monoisotopic (exact) mass is 308 g/mol. The molecule has 0 atom stereocenters. The van der Waals surface area contributed by atoms with Gasteiger partial charge in [-0.05, 0) is 18.2 Å². The Hall–Kier alpha value is -2.68. The summed E-state index contributed by atoms with van der Waals surface area (Å²) in [6, 6.07) is 8.39. The average molecular weight is 308 g/mol. The van der Waals surface area contributed by atoms with Gasteiger partial charge in [-0.2, -0.15) is 8.42 Å². The maximum absolute atomic E-state index is 12.3. The number of nitrogens with one attached hydrogen (secondary N) is 2. The lowest BCUT2D eigenvalue weighted by Gasteiger charge is -2.10. The molecule has 0 aliphatic heterocycles. The van der Waals surface area contributed by atoms with Crippen LogP contribution in [0.1, 0.15) is 0 Å². The van der Waals surface area contributed by atoms with Gasteiger partial charge in [0.15, 0.2) is 5.03 Å². The van der Waals surface area contributed by atoms with Gasteiger partial charge in [-0.15, -0.1) is 0 Å². The van der Waals surface area contributed by atoms with E-state index in [4.69, 9.17) is 0 Å². The molecule has 0 radical (unpaired) electrons. The van der Waals surface area contributed by atoms with Crippen LogP contribution >= 0.6 is 0 Å². The zero-order chi connectivity index (χ0) is 15.5. The Balaban J connectivity index is 2.38. The number of non-ortho nitro benzene ring substituents is 1. The summed E-state index contributed by atoms with van der Waals surface area (Å²) in [6.07, 6.45) is 1.35. The van der Waals surface area contributed by atoms with E-state index in [1.54, 1.807) is 19.2 Å². The van der Waals surface area contributed by atoms with Crippen LogP contribution in [0.2, 0.25) is 0 Å². The number of pyridine rings is 1. The Morgan fingerprint density at radius 2 is 2.00 bits per heavy atom. The molecule has 0 aliphatic carbocycles. The normalized spacial score (nSPS) is 10.9. The topological polar surface area (TPSA) is 114 Å². The van der Waals surface area contributed by atoms with Gasteiger partial charge in [0.1, 0.15) is 0 Å². The molecule has 8 nitrogen and oxygen atoms in total. The molecule has 0 saturated carbocycles. The number of sulfonamides is 1. The van der Waals surface area contributed by atoms with Crippen LogP contribution in [0.15, 0.2) is 47.6 Å². The highest BCUT2D eigenvalue weighted by molar-refractivity contribution is 7.92. The van der Waals surface area contributed by atoms with Crippen molar-refractivity contribution in [3.05, 3.63) is 52.7 Å². The van der Waals surface area contributed by atoms with E-state index < -0.39 is 14.9 Å². The van der Waals surface area contributed by atoms with Gasteiger partial charge in [0.05, 0.1) is 16.3 Å². The van der Waals surface area contributed by atoms with Crippen LogP contribution < -0.4 is 10.0 Å². The molecule has 0 saturated heterocycles. The molecule has 0 aliphatic rings. The van der Waals surface area contributed by atoms with Gasteiger partial charge in [-0.25, -0.2) is 4.98 Å². The lowest BCUT2D eigenvalue weighted by molar-refractivity contribution is -0.384. The molecular weight excluding hydrogens is 296 g/mol. The van der Waals surface area contributed by atoms with Gasteiger partial charge in [0.2, 0.25) is 0 Å². The number of hydrogen-bond donors (Lipinski definition) is 2. The molecule has 1 aromatic heterocycles. The molecule has 9 heteroatoms. The van der Waals surface area contributed by atoms with E-state index in [0.717, 1.165) is 6.07 Å². The number of rotatable bonds is 5. The summed E-state index contributed by atoms with van der Waals surface area (Å²) in [5.74, 6) is 0. The van der Waals surface area contributed by atoms with Gasteiger partial charge >= 0.3 is 0 Å². The molecule has 0 fully saturated rings. The van der Waals surface area contributed by atoms with Crippen LogP contribution in [0.3, 0.4) is 0 Å². The van der Waals surface area contributed by atoms with Crippen LogP contribution in [0.25, 0.3) is 0 Å². The Bertz CT molecular complexity index is 776. The lowest BCUT2D eigenvalue weighted by atomic mass is 10.3. The minimum Gasteiger partial charge on any atom is -0.386 e. The first-order chi connectivity index (χ1) is 9.94. The molecule has 1 aromatic carbocycles. The van der Waals surface area contributed by atoms with Gasteiger partial charge in [0.25, 0.3) is 15.7 Å². The standard InChI is InChI=1S/C12H12N4O4S/c1-13-11-6-3-7-14-12(11)21(19,20)15-9-4-2-5-10(8-9)16(17)18/h2-8,13,15H,1H3. The van der Waals surface area contributed by atoms with Crippen LogP contribution in [-0.4, -0.2) is 25.4 Å². The van der Waals surface area contributed by atoms with Crippen molar-refractivity contribution in [2.45, 2.75) is 5.03 Å². The maximum atomic E-state index is 12.3. The third kappa shape index (κ3) is 3.26. The number of nitrogens with zero attached hydrogens (tertiary/aromatic N) is 2. The second-order valence-electron chi connectivity index (χ2n) is 4.02. The smallest absolute Gasteiger partial charge is 0.281 e. The molecule has 0 spiro atoms. The number of aromatic nitrogens is 1. The number of hydrogen-bond acceptors (Lipinski definition) is 6. The van der Waals surface area contributed by atoms with E-state index in [0.29, 0.717) is 5.69 Å². The fourth-order valence-corrected chi connectivity index (χ4v) is 2.87. The summed E-state index contributed by atoms with van der Waals surface area (Å²) in [5.41, 5.74) is 0.220. The Labute approximate surface area is 121 Å². The summed E-state index contributed by atoms with van der Waals surface area (Å²) in [4.78, 5) is 13.9. The number of nitro groups is 1. The van der Waals surface area contributed by atoms with E-state index in [-0.39, 0.29) is 16.4 Å². The molecule has 2 N–H and O–H groups in total. The first-order valence-electron chi connectivity index (χ1n) is 5.84. The van der Waals surface area contributed by atoms with Crippen molar-refractivity contribution in [1.29, 1.82) is 0 Å². The Morgan fingerprint density at radius 3 is 2.67 bits per heavy atom. The largest absolute Gasteiger partial charge is 0.386 e. The van der Waals surface area contributed by atoms with Gasteiger partial charge < -0.3 is 5.32 Å². The van der Waals surface area contributed by atoms with Gasteiger partial charge in [-0.3, -0.25) is 14.8 Å². The fraction of sp³-hybridized carbons (Fsp3) is 0.0833. The van der Waals surface area contributed by atoms with Crippen molar-refractivity contribution in [2.75, 3.05) is 17.1 Å².